The standard InChI is InChI=1S/C24H23FN4OS/c1-16(17-5-3-2-4-6-17)27-21-15-19(11-12-26-21)23-22(18-7-9-20(25)10-8-18)28-24(29-23)31-14-13-30/h2-12,15-16,30H,13-14H2,1H3,(H,26,27)(H,28,29). The van der Waals surface area contributed by atoms with E-state index in [-0.39, 0.29) is 18.5 Å². The summed E-state index contributed by atoms with van der Waals surface area (Å²) in [6.07, 6.45) is 1.76. The summed E-state index contributed by atoms with van der Waals surface area (Å²) in [7, 11) is 0. The minimum atomic E-state index is -0.291. The van der Waals surface area contributed by atoms with Crippen LogP contribution in [0.1, 0.15) is 18.5 Å². The maximum atomic E-state index is 13.4. The van der Waals surface area contributed by atoms with Gasteiger partial charge < -0.3 is 15.4 Å². The number of rotatable bonds is 8. The fourth-order valence-corrected chi connectivity index (χ4v) is 3.91. The van der Waals surface area contributed by atoms with Crippen molar-refractivity contribution < 1.29 is 9.50 Å². The molecule has 2 heterocycles. The molecular formula is C24H23FN4OS. The normalized spacial score (nSPS) is 12.0. The number of imidazole rings is 1. The third-order valence-electron chi connectivity index (χ3n) is 4.84. The van der Waals surface area contributed by atoms with Gasteiger partial charge in [0.2, 0.25) is 0 Å². The van der Waals surface area contributed by atoms with E-state index >= 15 is 0 Å². The molecule has 158 valence electrons. The predicted octanol–water partition coefficient (Wildman–Crippen LogP) is 5.54. The Hall–Kier alpha value is -3.16. The van der Waals surface area contributed by atoms with Crippen molar-refractivity contribution in [2.75, 3.05) is 17.7 Å². The molecule has 0 fully saturated rings. The van der Waals surface area contributed by atoms with E-state index in [4.69, 9.17) is 10.1 Å². The molecule has 2 aromatic carbocycles. The van der Waals surface area contributed by atoms with E-state index in [0.29, 0.717) is 10.9 Å². The van der Waals surface area contributed by atoms with Crippen molar-refractivity contribution in [2.24, 2.45) is 0 Å². The second-order valence-electron chi connectivity index (χ2n) is 7.05. The van der Waals surface area contributed by atoms with Crippen LogP contribution in [-0.2, 0) is 0 Å². The molecule has 2 aromatic heterocycles. The van der Waals surface area contributed by atoms with Crippen LogP contribution < -0.4 is 5.32 Å². The lowest BCUT2D eigenvalue weighted by molar-refractivity contribution is 0.322. The van der Waals surface area contributed by atoms with Crippen molar-refractivity contribution in [3.05, 3.63) is 84.3 Å². The monoisotopic (exact) mass is 434 g/mol. The SMILES string of the molecule is CC(Nc1cc(-c2[nH]c(SCCO)nc2-c2ccc(F)cc2)ccn1)c1ccccc1. The molecule has 0 aliphatic rings. The van der Waals surface area contributed by atoms with Gasteiger partial charge in [0.25, 0.3) is 0 Å². The number of halogens is 1. The fraction of sp³-hybridized carbons (Fsp3) is 0.167. The first kappa shape index (κ1) is 21.1. The quantitative estimate of drug-likeness (QED) is 0.318. The van der Waals surface area contributed by atoms with E-state index in [2.05, 4.69) is 34.3 Å². The molecule has 4 rings (SSSR count). The van der Waals surface area contributed by atoms with Crippen LogP contribution in [0, 0.1) is 5.82 Å². The van der Waals surface area contributed by atoms with E-state index in [1.54, 1.807) is 18.3 Å². The number of aliphatic hydroxyl groups excluding tert-OH is 1. The third-order valence-corrected chi connectivity index (χ3v) is 5.70. The first-order chi connectivity index (χ1) is 15.1. The number of aromatic amines is 1. The zero-order valence-electron chi connectivity index (χ0n) is 17.0. The summed E-state index contributed by atoms with van der Waals surface area (Å²) in [6.45, 7) is 2.15. The zero-order chi connectivity index (χ0) is 21.6. The second-order valence-corrected chi connectivity index (χ2v) is 8.13. The fourth-order valence-electron chi connectivity index (χ4n) is 3.30. The number of benzene rings is 2. The van der Waals surface area contributed by atoms with E-state index in [0.717, 1.165) is 28.3 Å². The summed E-state index contributed by atoms with van der Waals surface area (Å²) in [6, 6.07) is 20.5. The summed E-state index contributed by atoms with van der Waals surface area (Å²) in [5.41, 5.74) is 4.46. The van der Waals surface area contributed by atoms with Gasteiger partial charge >= 0.3 is 0 Å². The average molecular weight is 435 g/mol. The van der Waals surface area contributed by atoms with Gasteiger partial charge in [-0.25, -0.2) is 14.4 Å². The highest BCUT2D eigenvalue weighted by molar-refractivity contribution is 7.99. The number of thioether (sulfide) groups is 1. The lowest BCUT2D eigenvalue weighted by atomic mass is 10.1. The number of nitrogens with zero attached hydrogens (tertiary/aromatic N) is 2. The Balaban J connectivity index is 1.67. The van der Waals surface area contributed by atoms with Crippen molar-refractivity contribution >= 4 is 17.6 Å². The Labute approximate surface area is 184 Å². The van der Waals surface area contributed by atoms with Gasteiger partial charge in [-0.1, -0.05) is 42.1 Å². The van der Waals surface area contributed by atoms with Crippen LogP contribution in [0.15, 0.2) is 78.1 Å². The molecular weight excluding hydrogens is 411 g/mol. The summed E-state index contributed by atoms with van der Waals surface area (Å²) >= 11 is 1.44. The molecule has 0 amide bonds. The molecule has 0 aliphatic heterocycles. The molecule has 0 spiro atoms. The molecule has 7 heteroatoms. The average Bonchev–Trinajstić information content (AvgIpc) is 3.23. The van der Waals surface area contributed by atoms with Crippen LogP contribution in [-0.4, -0.2) is 32.4 Å². The van der Waals surface area contributed by atoms with E-state index in [9.17, 15) is 4.39 Å². The molecule has 0 aliphatic carbocycles. The molecule has 0 saturated carbocycles. The molecule has 1 unspecified atom stereocenters. The lowest BCUT2D eigenvalue weighted by Crippen LogP contribution is -2.07. The van der Waals surface area contributed by atoms with E-state index in [1.165, 1.54) is 29.5 Å². The van der Waals surface area contributed by atoms with Gasteiger partial charge in [0, 0.05) is 29.1 Å². The first-order valence-corrected chi connectivity index (χ1v) is 11.0. The lowest BCUT2D eigenvalue weighted by Gasteiger charge is -2.15. The van der Waals surface area contributed by atoms with Crippen molar-refractivity contribution in [3.8, 4) is 22.5 Å². The number of hydrogen-bond donors (Lipinski definition) is 3. The highest BCUT2D eigenvalue weighted by Crippen LogP contribution is 2.33. The Morgan fingerprint density at radius 1 is 1.06 bits per heavy atom. The molecule has 0 radical (unpaired) electrons. The summed E-state index contributed by atoms with van der Waals surface area (Å²) in [4.78, 5) is 12.5. The number of nitrogens with one attached hydrogen (secondary N) is 2. The number of H-pyrrole nitrogens is 1. The van der Waals surface area contributed by atoms with Crippen LogP contribution in [0.2, 0.25) is 0 Å². The number of hydrogen-bond acceptors (Lipinski definition) is 5. The minimum absolute atomic E-state index is 0.0628. The molecule has 5 nitrogen and oxygen atoms in total. The zero-order valence-corrected chi connectivity index (χ0v) is 17.9. The van der Waals surface area contributed by atoms with Gasteiger partial charge in [-0.15, -0.1) is 0 Å². The number of pyridine rings is 1. The van der Waals surface area contributed by atoms with Crippen molar-refractivity contribution in [1.82, 2.24) is 15.0 Å². The summed E-state index contributed by atoms with van der Waals surface area (Å²) in [5.74, 6) is 0.993. The molecule has 0 saturated heterocycles. The highest BCUT2D eigenvalue weighted by Gasteiger charge is 2.16. The van der Waals surface area contributed by atoms with Gasteiger partial charge in [-0.2, -0.15) is 0 Å². The molecule has 3 N–H and O–H groups in total. The predicted molar refractivity (Wildman–Crippen MR) is 124 cm³/mol. The number of aromatic nitrogens is 3. The van der Waals surface area contributed by atoms with Crippen LogP contribution in [0.3, 0.4) is 0 Å². The number of aliphatic hydroxyl groups is 1. The van der Waals surface area contributed by atoms with Crippen LogP contribution in [0.25, 0.3) is 22.5 Å². The first-order valence-electron chi connectivity index (χ1n) is 10.0. The Kier molecular flexibility index (Phi) is 6.64. The van der Waals surface area contributed by atoms with Gasteiger partial charge in [0.1, 0.15) is 11.6 Å². The van der Waals surface area contributed by atoms with E-state index in [1.807, 2.05) is 30.3 Å². The number of anilines is 1. The van der Waals surface area contributed by atoms with Crippen molar-refractivity contribution in [1.29, 1.82) is 0 Å². The molecule has 31 heavy (non-hydrogen) atoms. The Morgan fingerprint density at radius 3 is 2.58 bits per heavy atom. The van der Waals surface area contributed by atoms with Crippen LogP contribution in [0.4, 0.5) is 10.2 Å². The second kappa shape index (κ2) is 9.76. The summed E-state index contributed by atoms with van der Waals surface area (Å²) in [5, 5.41) is 13.3. The smallest absolute Gasteiger partial charge is 0.166 e. The topological polar surface area (TPSA) is 73.8 Å². The third kappa shape index (κ3) is 5.13. The largest absolute Gasteiger partial charge is 0.396 e. The maximum Gasteiger partial charge on any atom is 0.166 e. The molecule has 1 atom stereocenters. The van der Waals surface area contributed by atoms with Crippen molar-refractivity contribution in [2.45, 2.75) is 18.1 Å². The van der Waals surface area contributed by atoms with Gasteiger partial charge in [0.15, 0.2) is 5.16 Å². The van der Waals surface area contributed by atoms with Crippen molar-refractivity contribution in [3.63, 3.8) is 0 Å². The van der Waals surface area contributed by atoms with E-state index < -0.39 is 0 Å². The summed E-state index contributed by atoms with van der Waals surface area (Å²) < 4.78 is 13.4. The molecule has 4 aromatic rings. The maximum absolute atomic E-state index is 13.4. The van der Waals surface area contributed by atoms with Gasteiger partial charge in [0.05, 0.1) is 18.0 Å². The highest BCUT2D eigenvalue weighted by atomic mass is 32.2. The van der Waals surface area contributed by atoms with Gasteiger partial charge in [-0.05, 0) is 48.9 Å². The van der Waals surface area contributed by atoms with Crippen LogP contribution >= 0.6 is 11.8 Å². The Bertz CT molecular complexity index is 1130. The Morgan fingerprint density at radius 2 is 1.84 bits per heavy atom. The van der Waals surface area contributed by atoms with Gasteiger partial charge in [-0.3, -0.25) is 0 Å². The minimum Gasteiger partial charge on any atom is -0.396 e. The van der Waals surface area contributed by atoms with Crippen LogP contribution in [0.5, 0.6) is 0 Å². The molecule has 0 bridgehead atoms.